The normalized spacial score (nSPS) is 10.1. The highest BCUT2D eigenvalue weighted by Crippen LogP contribution is 2.07. The maximum absolute atomic E-state index is 12.1. The Bertz CT molecular complexity index is 652. The van der Waals surface area contributed by atoms with Gasteiger partial charge in [0.1, 0.15) is 4.99 Å². The third-order valence-electron chi connectivity index (χ3n) is 2.94. The van der Waals surface area contributed by atoms with E-state index in [1.54, 1.807) is 24.3 Å². The van der Waals surface area contributed by atoms with E-state index in [0.29, 0.717) is 22.7 Å². The molecule has 0 heterocycles. The van der Waals surface area contributed by atoms with E-state index in [4.69, 9.17) is 18.0 Å². The van der Waals surface area contributed by atoms with Crippen molar-refractivity contribution in [3.05, 3.63) is 70.8 Å². The number of carbonyl (C=O) groups is 1. The Hall–Kier alpha value is -2.20. The van der Waals surface area contributed by atoms with E-state index in [2.05, 4.69) is 5.32 Å². The molecule has 0 saturated carbocycles. The van der Waals surface area contributed by atoms with Crippen molar-refractivity contribution in [2.24, 2.45) is 5.73 Å². The molecular weight excluding hydrogens is 268 g/mol. The predicted octanol–water partition coefficient (Wildman–Crippen LogP) is 2.56. The summed E-state index contributed by atoms with van der Waals surface area (Å²) in [5, 5.41) is 2.89. The molecule has 0 aliphatic rings. The maximum atomic E-state index is 12.1. The van der Waals surface area contributed by atoms with Gasteiger partial charge in [0.15, 0.2) is 0 Å². The van der Waals surface area contributed by atoms with Gasteiger partial charge >= 0.3 is 0 Å². The first-order valence-corrected chi connectivity index (χ1v) is 6.71. The highest BCUT2D eigenvalue weighted by molar-refractivity contribution is 7.80. The van der Waals surface area contributed by atoms with E-state index in [1.165, 1.54) is 5.56 Å². The number of benzene rings is 2. The summed E-state index contributed by atoms with van der Waals surface area (Å²) in [7, 11) is 0. The van der Waals surface area contributed by atoms with Gasteiger partial charge in [-0.15, -0.1) is 0 Å². The minimum Gasteiger partial charge on any atom is -0.389 e. The molecule has 0 bridgehead atoms. The molecule has 0 unspecified atom stereocenters. The number of nitrogens with one attached hydrogen (secondary N) is 1. The Balaban J connectivity index is 2.05. The molecule has 0 aliphatic carbocycles. The van der Waals surface area contributed by atoms with Crippen LogP contribution in [0.3, 0.4) is 0 Å². The molecule has 3 nitrogen and oxygen atoms in total. The van der Waals surface area contributed by atoms with Crippen molar-refractivity contribution in [1.82, 2.24) is 5.32 Å². The topological polar surface area (TPSA) is 55.1 Å². The highest BCUT2D eigenvalue weighted by atomic mass is 32.1. The van der Waals surface area contributed by atoms with Crippen LogP contribution < -0.4 is 11.1 Å². The molecule has 1 amide bonds. The molecule has 4 heteroatoms. The molecule has 2 rings (SSSR count). The van der Waals surface area contributed by atoms with Crippen molar-refractivity contribution in [3.63, 3.8) is 0 Å². The molecule has 102 valence electrons. The Morgan fingerprint density at radius 3 is 2.55 bits per heavy atom. The van der Waals surface area contributed by atoms with Crippen LogP contribution in [0, 0.1) is 6.92 Å². The number of aryl methyl sites for hydroxylation is 1. The van der Waals surface area contributed by atoms with E-state index >= 15 is 0 Å². The predicted molar refractivity (Wildman–Crippen MR) is 84.7 cm³/mol. The van der Waals surface area contributed by atoms with Gasteiger partial charge in [0.2, 0.25) is 0 Å². The van der Waals surface area contributed by atoms with Crippen molar-refractivity contribution in [2.75, 3.05) is 0 Å². The van der Waals surface area contributed by atoms with E-state index in [9.17, 15) is 4.79 Å². The number of nitrogens with two attached hydrogens (primary N) is 1. The summed E-state index contributed by atoms with van der Waals surface area (Å²) in [6.45, 7) is 2.52. The number of hydrogen-bond acceptors (Lipinski definition) is 2. The molecule has 3 N–H and O–H groups in total. The standard InChI is InChI=1S/C16H16N2OS/c1-11-4-2-5-12(8-11)10-18-16(19)14-7-3-6-13(9-14)15(17)20/h2-9H,10H2,1H3,(H2,17,20)(H,18,19). The summed E-state index contributed by atoms with van der Waals surface area (Å²) in [5.74, 6) is -0.135. The maximum Gasteiger partial charge on any atom is 0.251 e. The zero-order chi connectivity index (χ0) is 14.5. The zero-order valence-corrected chi connectivity index (χ0v) is 12.0. The first-order valence-electron chi connectivity index (χ1n) is 6.30. The minimum atomic E-state index is -0.135. The smallest absolute Gasteiger partial charge is 0.251 e. The monoisotopic (exact) mass is 284 g/mol. The Morgan fingerprint density at radius 1 is 1.15 bits per heavy atom. The Kier molecular flexibility index (Phi) is 4.48. The van der Waals surface area contributed by atoms with Gasteiger partial charge in [-0.1, -0.05) is 54.2 Å². The molecule has 20 heavy (non-hydrogen) atoms. The largest absolute Gasteiger partial charge is 0.389 e. The van der Waals surface area contributed by atoms with Crippen LogP contribution in [0.15, 0.2) is 48.5 Å². The van der Waals surface area contributed by atoms with Crippen molar-refractivity contribution in [3.8, 4) is 0 Å². The Morgan fingerprint density at radius 2 is 1.85 bits per heavy atom. The van der Waals surface area contributed by atoms with Gasteiger partial charge < -0.3 is 11.1 Å². The zero-order valence-electron chi connectivity index (χ0n) is 11.2. The molecule has 0 fully saturated rings. The van der Waals surface area contributed by atoms with Crippen LogP contribution in [-0.4, -0.2) is 10.9 Å². The lowest BCUT2D eigenvalue weighted by atomic mass is 10.1. The second-order valence-electron chi connectivity index (χ2n) is 4.62. The molecule has 2 aromatic rings. The average molecular weight is 284 g/mol. The highest BCUT2D eigenvalue weighted by Gasteiger charge is 2.07. The third kappa shape index (κ3) is 3.65. The lowest BCUT2D eigenvalue weighted by Crippen LogP contribution is -2.23. The third-order valence-corrected chi connectivity index (χ3v) is 3.18. The molecule has 0 saturated heterocycles. The van der Waals surface area contributed by atoms with Crippen LogP contribution in [0.1, 0.15) is 27.0 Å². The summed E-state index contributed by atoms with van der Waals surface area (Å²) >= 11 is 4.91. The van der Waals surface area contributed by atoms with Crippen LogP contribution in [-0.2, 0) is 6.54 Å². The minimum absolute atomic E-state index is 0.135. The summed E-state index contributed by atoms with van der Waals surface area (Å²) in [6.07, 6.45) is 0. The second-order valence-corrected chi connectivity index (χ2v) is 5.06. The van der Waals surface area contributed by atoms with E-state index in [0.717, 1.165) is 5.56 Å². The number of hydrogen-bond donors (Lipinski definition) is 2. The Labute approximate surface area is 123 Å². The summed E-state index contributed by atoms with van der Waals surface area (Å²) < 4.78 is 0. The van der Waals surface area contributed by atoms with Crippen LogP contribution in [0.5, 0.6) is 0 Å². The average Bonchev–Trinajstić information content (AvgIpc) is 2.45. The summed E-state index contributed by atoms with van der Waals surface area (Å²) in [4.78, 5) is 12.4. The fraction of sp³-hybridized carbons (Fsp3) is 0.125. The molecule has 0 atom stereocenters. The first-order chi connectivity index (χ1) is 9.56. The van der Waals surface area contributed by atoms with Crippen LogP contribution in [0.4, 0.5) is 0 Å². The second kappa shape index (κ2) is 6.30. The fourth-order valence-corrected chi connectivity index (χ4v) is 2.05. The first kappa shape index (κ1) is 14.2. The molecule has 0 aromatic heterocycles. The molecule has 0 spiro atoms. The quantitative estimate of drug-likeness (QED) is 0.848. The lowest BCUT2D eigenvalue weighted by molar-refractivity contribution is 0.0951. The number of amides is 1. The molecule has 0 radical (unpaired) electrons. The van der Waals surface area contributed by atoms with Gasteiger partial charge in [0.05, 0.1) is 0 Å². The number of carbonyl (C=O) groups excluding carboxylic acids is 1. The lowest BCUT2D eigenvalue weighted by Gasteiger charge is -2.07. The van der Waals surface area contributed by atoms with Gasteiger partial charge in [-0.05, 0) is 24.6 Å². The SMILES string of the molecule is Cc1cccc(CNC(=O)c2cccc(C(N)=S)c2)c1. The fourth-order valence-electron chi connectivity index (χ4n) is 1.92. The van der Waals surface area contributed by atoms with Gasteiger partial charge in [-0.3, -0.25) is 4.79 Å². The molecular formula is C16H16N2OS. The van der Waals surface area contributed by atoms with E-state index < -0.39 is 0 Å². The number of thiocarbonyl (C=S) groups is 1. The molecule has 2 aromatic carbocycles. The number of rotatable bonds is 4. The van der Waals surface area contributed by atoms with E-state index in [1.807, 2.05) is 31.2 Å². The van der Waals surface area contributed by atoms with Crippen LogP contribution in [0.2, 0.25) is 0 Å². The summed E-state index contributed by atoms with van der Waals surface area (Å²) in [6, 6.07) is 15.0. The van der Waals surface area contributed by atoms with Gasteiger partial charge in [-0.25, -0.2) is 0 Å². The van der Waals surface area contributed by atoms with E-state index in [-0.39, 0.29) is 5.91 Å². The summed E-state index contributed by atoms with van der Waals surface area (Å²) in [5.41, 5.74) is 9.07. The van der Waals surface area contributed by atoms with Crippen molar-refractivity contribution in [2.45, 2.75) is 13.5 Å². The van der Waals surface area contributed by atoms with Crippen molar-refractivity contribution in [1.29, 1.82) is 0 Å². The molecule has 0 aliphatic heterocycles. The van der Waals surface area contributed by atoms with Gasteiger partial charge in [0.25, 0.3) is 5.91 Å². The van der Waals surface area contributed by atoms with Gasteiger partial charge in [0, 0.05) is 17.7 Å². The van der Waals surface area contributed by atoms with Crippen molar-refractivity contribution >= 4 is 23.1 Å². The van der Waals surface area contributed by atoms with Crippen molar-refractivity contribution < 1.29 is 4.79 Å². The van der Waals surface area contributed by atoms with Crippen LogP contribution in [0.25, 0.3) is 0 Å². The van der Waals surface area contributed by atoms with Crippen LogP contribution >= 0.6 is 12.2 Å². The van der Waals surface area contributed by atoms with Gasteiger partial charge in [-0.2, -0.15) is 0 Å².